The number of carbonyl (C=O) groups excluding carboxylic acids is 1. The second-order valence-electron chi connectivity index (χ2n) is 10.6. The van der Waals surface area contributed by atoms with Crippen molar-refractivity contribution in [1.29, 1.82) is 0 Å². The van der Waals surface area contributed by atoms with Crippen molar-refractivity contribution in [1.82, 2.24) is 24.6 Å². The molecule has 0 saturated heterocycles. The molecule has 1 heterocycles. The number of benzene rings is 1. The van der Waals surface area contributed by atoms with Gasteiger partial charge in [0.05, 0.1) is 44.8 Å². The first-order valence-corrected chi connectivity index (χ1v) is 14.0. The molecule has 0 bridgehead atoms. The van der Waals surface area contributed by atoms with Crippen LogP contribution in [0.2, 0.25) is 0 Å². The smallest absolute Gasteiger partial charge is 0.317 e. The highest BCUT2D eigenvalue weighted by atomic mass is 16.4. The van der Waals surface area contributed by atoms with Crippen molar-refractivity contribution in [2.75, 3.05) is 83.9 Å². The standard InChI is InChI=1S/C28H38N6O12/c1-18-10-22(35)30-21-11-19(2-3-20(18)21)29-23(36)12-33(15-26(41)42)8-6-31(13-24(37)38)4-5-32(14-25(39)40)7-9-34(16-27(43)44)17-28(45)46/h2-3,10-11H,4-9,12-17H2,1H3,(H,29,36)(H,30,35)(H,37,38)(H,39,40)(H,41,42)(H,43,44)(H,45,46). The fourth-order valence-electron chi connectivity index (χ4n) is 4.69. The fraction of sp³-hybridized carbons (Fsp3) is 0.464. The van der Waals surface area contributed by atoms with E-state index in [4.69, 9.17) is 10.2 Å². The summed E-state index contributed by atoms with van der Waals surface area (Å²) in [5.74, 6) is -6.72. The third-order valence-corrected chi connectivity index (χ3v) is 6.69. The van der Waals surface area contributed by atoms with Gasteiger partial charge < -0.3 is 35.8 Å². The molecule has 2 aromatic rings. The van der Waals surface area contributed by atoms with E-state index in [1.165, 1.54) is 20.8 Å². The van der Waals surface area contributed by atoms with Crippen LogP contribution in [0.25, 0.3) is 10.9 Å². The number of amides is 1. The minimum atomic E-state index is -1.26. The average molecular weight is 651 g/mol. The second kappa shape index (κ2) is 18.2. The quantitative estimate of drug-likeness (QED) is 0.0757. The van der Waals surface area contributed by atoms with Gasteiger partial charge in [0.15, 0.2) is 0 Å². The number of carbonyl (C=O) groups is 6. The summed E-state index contributed by atoms with van der Waals surface area (Å²) in [6, 6.07) is 6.37. The minimum Gasteiger partial charge on any atom is -0.480 e. The summed E-state index contributed by atoms with van der Waals surface area (Å²) < 4.78 is 0. The summed E-state index contributed by atoms with van der Waals surface area (Å²) >= 11 is 0. The van der Waals surface area contributed by atoms with Crippen molar-refractivity contribution in [3.8, 4) is 0 Å². The summed E-state index contributed by atoms with van der Waals surface area (Å²) in [5.41, 5.74) is 1.31. The first-order valence-electron chi connectivity index (χ1n) is 14.0. The number of aryl methyl sites for hydroxylation is 1. The molecule has 0 aliphatic carbocycles. The Labute approximate surface area is 262 Å². The molecule has 2 rings (SSSR count). The zero-order valence-electron chi connectivity index (χ0n) is 25.2. The van der Waals surface area contributed by atoms with Gasteiger partial charge in [0, 0.05) is 56.4 Å². The van der Waals surface area contributed by atoms with E-state index in [1.54, 1.807) is 25.1 Å². The number of nitrogens with one attached hydrogen (secondary N) is 2. The van der Waals surface area contributed by atoms with Gasteiger partial charge in [0.2, 0.25) is 11.5 Å². The van der Waals surface area contributed by atoms with Gasteiger partial charge in [-0.1, -0.05) is 6.07 Å². The lowest BCUT2D eigenvalue weighted by Crippen LogP contribution is -2.46. The lowest BCUT2D eigenvalue weighted by Gasteiger charge is -2.29. The Kier molecular flexibility index (Phi) is 14.7. The molecule has 0 unspecified atom stereocenters. The molecular formula is C28H38N6O12. The van der Waals surface area contributed by atoms with E-state index in [1.807, 2.05) is 0 Å². The maximum absolute atomic E-state index is 12.8. The highest BCUT2D eigenvalue weighted by Crippen LogP contribution is 2.19. The monoisotopic (exact) mass is 650 g/mol. The van der Waals surface area contributed by atoms with Crippen LogP contribution in [0.1, 0.15) is 5.56 Å². The number of carboxylic acid groups (broad SMARTS) is 5. The van der Waals surface area contributed by atoms with Gasteiger partial charge in [-0.05, 0) is 24.6 Å². The maximum atomic E-state index is 12.8. The SMILES string of the molecule is Cc1cc(=O)[nH]c2cc(NC(=O)CN(CCN(CCN(CCN(CC(=O)O)CC(=O)O)CC(=O)O)CC(=O)O)CC(=O)O)ccc12. The third kappa shape index (κ3) is 14.2. The second-order valence-corrected chi connectivity index (χ2v) is 10.6. The number of fused-ring (bicyclic) bond motifs is 1. The molecule has 0 aliphatic rings. The van der Waals surface area contributed by atoms with Crippen LogP contribution in [0.15, 0.2) is 29.1 Å². The molecule has 7 N–H and O–H groups in total. The topological polar surface area (TPSA) is 261 Å². The molecule has 0 radical (unpaired) electrons. The predicted molar refractivity (Wildman–Crippen MR) is 162 cm³/mol. The number of nitrogens with zero attached hydrogens (tertiary/aromatic N) is 4. The maximum Gasteiger partial charge on any atom is 0.317 e. The molecule has 0 atom stereocenters. The fourth-order valence-corrected chi connectivity index (χ4v) is 4.69. The molecule has 0 spiro atoms. The van der Waals surface area contributed by atoms with Crippen molar-refractivity contribution in [3.05, 3.63) is 40.2 Å². The first kappa shape index (κ1) is 37.3. The zero-order valence-corrected chi connectivity index (χ0v) is 25.2. The minimum absolute atomic E-state index is 0.00554. The number of hydrogen-bond acceptors (Lipinski definition) is 11. The van der Waals surface area contributed by atoms with Crippen LogP contribution < -0.4 is 10.9 Å². The number of carboxylic acids is 5. The van der Waals surface area contributed by atoms with Crippen molar-refractivity contribution < 1.29 is 54.3 Å². The molecule has 0 fully saturated rings. The number of hydrogen-bond donors (Lipinski definition) is 7. The third-order valence-electron chi connectivity index (χ3n) is 6.69. The van der Waals surface area contributed by atoms with Crippen LogP contribution in [0.4, 0.5) is 5.69 Å². The summed E-state index contributed by atoms with van der Waals surface area (Å²) in [5, 5.41) is 49.6. The first-order chi connectivity index (χ1) is 21.6. The highest BCUT2D eigenvalue weighted by Gasteiger charge is 2.20. The van der Waals surface area contributed by atoms with Crippen LogP contribution in [-0.2, 0) is 28.8 Å². The number of rotatable bonds is 22. The van der Waals surface area contributed by atoms with Gasteiger partial charge >= 0.3 is 29.8 Å². The lowest BCUT2D eigenvalue weighted by molar-refractivity contribution is -0.143. The molecule has 1 amide bonds. The summed E-state index contributed by atoms with van der Waals surface area (Å²) in [6.07, 6.45) is 0. The molecule has 0 saturated carbocycles. The van der Waals surface area contributed by atoms with Crippen LogP contribution in [-0.4, -0.2) is 164 Å². The van der Waals surface area contributed by atoms with Crippen molar-refractivity contribution in [2.45, 2.75) is 6.92 Å². The molecule has 252 valence electrons. The Balaban J connectivity index is 2.06. The largest absolute Gasteiger partial charge is 0.480 e. The zero-order chi connectivity index (χ0) is 34.4. The van der Waals surface area contributed by atoms with Crippen LogP contribution in [0, 0.1) is 6.92 Å². The van der Waals surface area contributed by atoms with E-state index in [-0.39, 0.29) is 51.4 Å². The highest BCUT2D eigenvalue weighted by molar-refractivity contribution is 5.95. The van der Waals surface area contributed by atoms with E-state index in [0.29, 0.717) is 11.2 Å². The number of aromatic nitrogens is 1. The van der Waals surface area contributed by atoms with Crippen molar-refractivity contribution >= 4 is 52.3 Å². The van der Waals surface area contributed by atoms with Crippen molar-refractivity contribution in [2.24, 2.45) is 0 Å². The van der Waals surface area contributed by atoms with Gasteiger partial charge in [0.1, 0.15) is 0 Å². The normalized spacial score (nSPS) is 11.4. The average Bonchev–Trinajstić information content (AvgIpc) is 2.90. The Morgan fingerprint density at radius 2 is 1.00 bits per heavy atom. The summed E-state index contributed by atoms with van der Waals surface area (Å²) in [7, 11) is 0. The lowest BCUT2D eigenvalue weighted by atomic mass is 10.1. The Bertz CT molecular complexity index is 1460. The number of H-pyrrole nitrogens is 1. The molecular weight excluding hydrogens is 612 g/mol. The number of anilines is 1. The summed E-state index contributed by atoms with van der Waals surface area (Å²) in [4.78, 5) is 89.1. The number of aromatic amines is 1. The number of pyridine rings is 1. The molecule has 1 aromatic heterocycles. The van der Waals surface area contributed by atoms with E-state index in [2.05, 4.69) is 10.3 Å². The Morgan fingerprint density at radius 3 is 1.43 bits per heavy atom. The van der Waals surface area contributed by atoms with Gasteiger partial charge in [-0.2, -0.15) is 0 Å². The molecule has 46 heavy (non-hydrogen) atoms. The van der Waals surface area contributed by atoms with Crippen LogP contribution >= 0.6 is 0 Å². The molecule has 18 nitrogen and oxygen atoms in total. The Morgan fingerprint density at radius 1 is 0.609 bits per heavy atom. The summed E-state index contributed by atoms with van der Waals surface area (Å²) in [6.45, 7) is -1.37. The van der Waals surface area contributed by atoms with Gasteiger partial charge in [-0.25, -0.2) is 0 Å². The van der Waals surface area contributed by atoms with Crippen LogP contribution in [0.3, 0.4) is 0 Å². The predicted octanol–water partition coefficient (Wildman–Crippen LogP) is -1.59. The molecule has 1 aromatic carbocycles. The van der Waals surface area contributed by atoms with Crippen LogP contribution in [0.5, 0.6) is 0 Å². The van der Waals surface area contributed by atoms with E-state index in [0.717, 1.165) is 15.8 Å². The van der Waals surface area contributed by atoms with E-state index >= 15 is 0 Å². The van der Waals surface area contributed by atoms with E-state index in [9.17, 15) is 48.9 Å². The Hall–Kier alpha value is -4.91. The number of aliphatic carboxylic acids is 5. The van der Waals surface area contributed by atoms with Gasteiger partial charge in [-0.15, -0.1) is 0 Å². The van der Waals surface area contributed by atoms with Gasteiger partial charge in [0.25, 0.3) is 0 Å². The van der Waals surface area contributed by atoms with Crippen molar-refractivity contribution in [3.63, 3.8) is 0 Å². The van der Waals surface area contributed by atoms with E-state index < -0.39 is 68.5 Å². The molecule has 0 aliphatic heterocycles. The van der Waals surface area contributed by atoms with Gasteiger partial charge in [-0.3, -0.25) is 53.2 Å². The molecule has 18 heteroatoms.